The Labute approximate surface area is 192 Å². The van der Waals surface area contributed by atoms with Crippen LogP contribution < -0.4 is 0 Å². The van der Waals surface area contributed by atoms with Gasteiger partial charge in [-0.25, -0.2) is 0 Å². The molecule has 1 aliphatic rings. The average Bonchev–Trinajstić information content (AvgIpc) is 3.00. The van der Waals surface area contributed by atoms with Crippen molar-refractivity contribution in [1.29, 1.82) is 0 Å². The molecule has 139 valence electrons. The predicted molar refractivity (Wildman–Crippen MR) is 120 cm³/mol. The maximum absolute atomic E-state index is 2.40. The molecule has 0 amide bonds. The minimum atomic E-state index is -0.0234. The molecule has 0 nitrogen and oxygen atoms in total. The van der Waals surface area contributed by atoms with Crippen LogP contribution in [-0.2, 0) is 29.8 Å². The molecule has 0 spiro atoms. The second kappa shape index (κ2) is 11.8. The van der Waals surface area contributed by atoms with E-state index in [1.807, 2.05) is 0 Å². The zero-order chi connectivity index (χ0) is 16.3. The standard InChI is InChI=1S/C21H22P.3ClH.Hf/c1-22(2)17-21(20-15-9-10-16-20,18-11-5-3-6-12-18)19-13-7-4-8-14-19;;;;/h3-9,11-15H,10,17H2,1-2H3;3*1H;. The molecule has 1 aliphatic carbocycles. The fourth-order valence-electron chi connectivity index (χ4n) is 3.57. The molecule has 0 N–H and O–H groups in total. The van der Waals surface area contributed by atoms with E-state index in [4.69, 9.17) is 0 Å². The molecule has 2 aromatic rings. The second-order valence-electron chi connectivity index (χ2n) is 6.37. The molecule has 0 atom stereocenters. The Morgan fingerprint density at radius 2 is 1.31 bits per heavy atom. The topological polar surface area (TPSA) is 0 Å². The number of halogens is 3. The molecular weight excluding hydrogens is 568 g/mol. The van der Waals surface area contributed by atoms with Gasteiger partial charge in [0, 0.05) is 0 Å². The van der Waals surface area contributed by atoms with Crippen molar-refractivity contribution in [2.24, 2.45) is 0 Å². The number of benzene rings is 2. The third-order valence-electron chi connectivity index (χ3n) is 4.48. The largest absolute Gasteiger partial charge is 0.147 e. The fraction of sp³-hybridized carbons (Fsp3) is 0.238. The molecule has 0 saturated carbocycles. The molecule has 0 aromatic heterocycles. The van der Waals surface area contributed by atoms with E-state index < -0.39 is 0 Å². The summed E-state index contributed by atoms with van der Waals surface area (Å²) in [6.07, 6.45) is 7.11. The zero-order valence-corrected chi connectivity index (χ0v) is 22.0. The van der Waals surface area contributed by atoms with E-state index in [2.05, 4.69) is 86.1 Å². The summed E-state index contributed by atoms with van der Waals surface area (Å²) in [6, 6.07) is 22.3. The van der Waals surface area contributed by atoms with Gasteiger partial charge >= 0.3 is 156 Å². The van der Waals surface area contributed by atoms with Crippen molar-refractivity contribution in [2.75, 3.05) is 19.5 Å². The maximum Gasteiger partial charge on any atom is -0.147 e. The third kappa shape index (κ3) is 5.33. The van der Waals surface area contributed by atoms with Crippen LogP contribution in [0.2, 0.25) is 0 Å². The molecule has 2 aromatic carbocycles. The minimum absolute atomic E-state index is 0. The molecule has 0 radical (unpaired) electrons. The van der Waals surface area contributed by atoms with E-state index in [0.29, 0.717) is 0 Å². The Hall–Kier alpha value is 0.0901. The van der Waals surface area contributed by atoms with E-state index in [1.54, 1.807) is 8.90 Å². The molecule has 0 heterocycles. The van der Waals surface area contributed by atoms with Crippen molar-refractivity contribution in [3.05, 3.63) is 92.8 Å². The Kier molecular flexibility index (Phi) is 11.9. The van der Waals surface area contributed by atoms with E-state index in [1.165, 1.54) is 17.3 Å². The van der Waals surface area contributed by atoms with Crippen LogP contribution in [0.4, 0.5) is 0 Å². The average molecular weight is 593 g/mol. The van der Waals surface area contributed by atoms with Gasteiger partial charge in [0.25, 0.3) is 0 Å². The summed E-state index contributed by atoms with van der Waals surface area (Å²) in [5, 5.41) is 0. The number of hydrogen-bond donors (Lipinski definition) is 0. The summed E-state index contributed by atoms with van der Waals surface area (Å²) in [5.74, 6) is 0. The van der Waals surface area contributed by atoms with Crippen LogP contribution in [0, 0.1) is 0 Å². The van der Waals surface area contributed by atoms with Gasteiger partial charge in [0.05, 0.1) is 0 Å². The van der Waals surface area contributed by atoms with Crippen molar-refractivity contribution in [1.82, 2.24) is 0 Å². The maximum atomic E-state index is 2.40. The summed E-state index contributed by atoms with van der Waals surface area (Å²) in [4.78, 5) is 0. The predicted octanol–water partition coefficient (Wildman–Crippen LogP) is 6.74. The third-order valence-corrected chi connectivity index (χ3v) is 7.29. The first-order chi connectivity index (χ1) is 11.1. The van der Waals surface area contributed by atoms with Gasteiger partial charge in [-0.1, -0.05) is 0 Å². The quantitative estimate of drug-likeness (QED) is 0.266. The molecule has 0 bridgehead atoms. The number of hydrogen-bond acceptors (Lipinski definition) is 0. The van der Waals surface area contributed by atoms with Crippen molar-refractivity contribution in [3.8, 4) is 0 Å². The monoisotopic (exact) mass is 593 g/mol. The molecular formula is C21H25Cl3HfP. The van der Waals surface area contributed by atoms with E-state index in [-0.39, 0.29) is 50.6 Å². The Morgan fingerprint density at radius 1 is 0.846 bits per heavy atom. The Balaban J connectivity index is 0.00000208. The van der Waals surface area contributed by atoms with Gasteiger partial charge in [0.15, 0.2) is 0 Å². The van der Waals surface area contributed by atoms with Gasteiger partial charge in [-0.15, -0.1) is 37.2 Å². The van der Waals surface area contributed by atoms with Crippen LogP contribution >= 0.6 is 45.1 Å². The van der Waals surface area contributed by atoms with E-state index in [9.17, 15) is 0 Å². The van der Waals surface area contributed by atoms with Gasteiger partial charge in [-0.05, 0) is 0 Å². The molecule has 0 unspecified atom stereocenters. The molecule has 5 heteroatoms. The van der Waals surface area contributed by atoms with Gasteiger partial charge in [-0.2, -0.15) is 0 Å². The second-order valence-corrected chi connectivity index (χ2v) is 11.0. The first-order valence-electron chi connectivity index (χ1n) is 8.02. The number of rotatable bonds is 5. The SMILES string of the molecule is CP(C)CC(C1=[C]([Hf])CC=C1)(c1ccccc1)c1ccccc1.Cl.Cl.Cl. The van der Waals surface area contributed by atoms with Crippen molar-refractivity contribution < 1.29 is 24.4 Å². The molecule has 26 heavy (non-hydrogen) atoms. The van der Waals surface area contributed by atoms with E-state index in [0.717, 1.165) is 30.8 Å². The molecule has 0 aliphatic heterocycles. The fourth-order valence-corrected chi connectivity index (χ4v) is 6.54. The van der Waals surface area contributed by atoms with Crippen LogP contribution in [0.5, 0.6) is 0 Å². The van der Waals surface area contributed by atoms with E-state index >= 15 is 0 Å². The van der Waals surface area contributed by atoms with Crippen LogP contribution in [0.3, 0.4) is 0 Å². The van der Waals surface area contributed by atoms with Gasteiger partial charge in [0.1, 0.15) is 0 Å². The molecule has 3 rings (SSSR count). The smallest absolute Gasteiger partial charge is 0.147 e. The number of allylic oxidation sites excluding steroid dienone is 4. The Morgan fingerprint density at radius 3 is 1.65 bits per heavy atom. The Bertz CT molecular complexity index is 688. The van der Waals surface area contributed by atoms with Crippen LogP contribution in [0.15, 0.2) is 81.7 Å². The summed E-state index contributed by atoms with van der Waals surface area (Å²) in [7, 11) is -0.0234. The molecule has 0 fully saturated rings. The minimum Gasteiger partial charge on any atom is -0.147 e. The van der Waals surface area contributed by atoms with Crippen molar-refractivity contribution in [2.45, 2.75) is 11.8 Å². The van der Waals surface area contributed by atoms with Crippen LogP contribution in [0.25, 0.3) is 0 Å². The molecule has 0 saturated heterocycles. The van der Waals surface area contributed by atoms with Gasteiger partial charge in [-0.3, -0.25) is 0 Å². The van der Waals surface area contributed by atoms with Crippen LogP contribution in [0.1, 0.15) is 17.5 Å². The normalized spacial score (nSPS) is 13.0. The van der Waals surface area contributed by atoms with Crippen molar-refractivity contribution >= 4 is 45.1 Å². The van der Waals surface area contributed by atoms with Crippen LogP contribution in [-0.4, -0.2) is 19.5 Å². The van der Waals surface area contributed by atoms with Gasteiger partial charge in [0.2, 0.25) is 0 Å². The zero-order valence-electron chi connectivity index (χ0n) is 15.0. The van der Waals surface area contributed by atoms with Crippen molar-refractivity contribution in [3.63, 3.8) is 0 Å². The first-order valence-corrected chi connectivity index (χ1v) is 12.2. The first kappa shape index (κ1) is 26.1. The summed E-state index contributed by atoms with van der Waals surface area (Å²) < 4.78 is 1.65. The summed E-state index contributed by atoms with van der Waals surface area (Å²) in [5.41, 5.74) is 4.47. The van der Waals surface area contributed by atoms with Gasteiger partial charge < -0.3 is 0 Å². The summed E-state index contributed by atoms with van der Waals surface area (Å²) >= 11 is 1.14. The summed E-state index contributed by atoms with van der Waals surface area (Å²) in [6.45, 7) is 4.81.